The molecule has 0 aromatic heterocycles. The number of alkyl halides is 3. The maximum atomic E-state index is 12.6. The van der Waals surface area contributed by atoms with E-state index in [-0.39, 0.29) is 18.0 Å². The summed E-state index contributed by atoms with van der Waals surface area (Å²) in [5.74, 6) is -0.829. The number of hydrogen-bond donors (Lipinski definition) is 2. The molecule has 2 N–H and O–H groups in total. The molecule has 0 aliphatic rings. The van der Waals surface area contributed by atoms with E-state index in [0.717, 1.165) is 12.1 Å². The van der Waals surface area contributed by atoms with Crippen molar-refractivity contribution in [2.24, 2.45) is 0 Å². The average molecular weight is 336 g/mol. The molecule has 2 rings (SSSR count). The third-order valence-electron chi connectivity index (χ3n) is 3.38. The van der Waals surface area contributed by atoms with Crippen molar-refractivity contribution in [2.45, 2.75) is 6.18 Å². The van der Waals surface area contributed by atoms with Crippen LogP contribution in [0, 0.1) is 0 Å². The number of likely N-dealkylation sites (N-methyl/N-ethyl adjacent to an activating group) is 1. The van der Waals surface area contributed by atoms with Gasteiger partial charge in [-0.25, -0.2) is 0 Å². The second-order valence-electron chi connectivity index (χ2n) is 4.98. The Hall–Kier alpha value is -2.83. The standard InChI is InChI=1S/C17H15F3N2O2/c1-21-15(23)10-22-16(24)14-5-3-2-4-13(14)11-6-8-12(9-7-11)17(18,19)20/h2-9H,10H2,1H3,(H,21,23)(H,22,24). The molecule has 0 spiro atoms. The summed E-state index contributed by atoms with van der Waals surface area (Å²) in [6, 6.07) is 11.1. The first-order valence-corrected chi connectivity index (χ1v) is 7.08. The van der Waals surface area contributed by atoms with Gasteiger partial charge in [0.05, 0.1) is 12.1 Å². The summed E-state index contributed by atoms with van der Waals surface area (Å²) >= 11 is 0. The molecule has 2 aromatic rings. The second-order valence-corrected chi connectivity index (χ2v) is 4.98. The molecule has 24 heavy (non-hydrogen) atoms. The highest BCUT2D eigenvalue weighted by Gasteiger charge is 2.30. The van der Waals surface area contributed by atoms with E-state index in [4.69, 9.17) is 0 Å². The minimum atomic E-state index is -4.41. The Kier molecular flexibility index (Phi) is 5.23. The summed E-state index contributed by atoms with van der Waals surface area (Å²) in [5.41, 5.74) is 0.489. The summed E-state index contributed by atoms with van der Waals surface area (Å²) in [7, 11) is 1.45. The third kappa shape index (κ3) is 4.13. The smallest absolute Gasteiger partial charge is 0.358 e. The van der Waals surface area contributed by atoms with E-state index in [1.807, 2.05) is 0 Å². The first-order valence-electron chi connectivity index (χ1n) is 7.08. The molecule has 0 unspecified atom stereocenters. The number of benzene rings is 2. The van der Waals surface area contributed by atoms with Gasteiger partial charge in [0.2, 0.25) is 5.91 Å². The zero-order valence-corrected chi connectivity index (χ0v) is 12.8. The van der Waals surface area contributed by atoms with Crippen molar-refractivity contribution >= 4 is 11.8 Å². The van der Waals surface area contributed by atoms with Gasteiger partial charge in [-0.3, -0.25) is 9.59 Å². The molecular formula is C17H15F3N2O2. The van der Waals surface area contributed by atoms with Gasteiger partial charge in [0.25, 0.3) is 5.91 Å². The quantitative estimate of drug-likeness (QED) is 0.902. The molecule has 0 saturated heterocycles. The largest absolute Gasteiger partial charge is 0.416 e. The first kappa shape index (κ1) is 17.5. The number of amides is 2. The Morgan fingerprint density at radius 1 is 1.00 bits per heavy atom. The molecule has 2 aromatic carbocycles. The van der Waals surface area contributed by atoms with Gasteiger partial charge in [0.1, 0.15) is 0 Å². The van der Waals surface area contributed by atoms with Crippen molar-refractivity contribution in [1.29, 1.82) is 0 Å². The minimum Gasteiger partial charge on any atom is -0.358 e. The van der Waals surface area contributed by atoms with E-state index in [0.29, 0.717) is 11.1 Å². The number of carbonyl (C=O) groups excluding carboxylic acids is 2. The van der Waals surface area contributed by atoms with Crippen LogP contribution in [0.15, 0.2) is 48.5 Å². The van der Waals surface area contributed by atoms with E-state index in [2.05, 4.69) is 10.6 Å². The Bertz CT molecular complexity index is 740. The first-order chi connectivity index (χ1) is 11.3. The molecule has 0 aliphatic heterocycles. The molecule has 7 heteroatoms. The fourth-order valence-electron chi connectivity index (χ4n) is 2.12. The van der Waals surface area contributed by atoms with Crippen molar-refractivity contribution in [3.63, 3.8) is 0 Å². The number of rotatable bonds is 4. The topological polar surface area (TPSA) is 58.2 Å². The zero-order valence-electron chi connectivity index (χ0n) is 12.8. The van der Waals surface area contributed by atoms with Gasteiger partial charge in [-0.05, 0) is 29.3 Å². The van der Waals surface area contributed by atoms with Crippen molar-refractivity contribution in [3.8, 4) is 11.1 Å². The van der Waals surface area contributed by atoms with Gasteiger partial charge in [-0.1, -0.05) is 30.3 Å². The Morgan fingerprint density at radius 2 is 1.62 bits per heavy atom. The van der Waals surface area contributed by atoms with Crippen LogP contribution in [-0.4, -0.2) is 25.4 Å². The summed E-state index contributed by atoms with van der Waals surface area (Å²) in [4.78, 5) is 23.4. The molecule has 0 atom stereocenters. The predicted octanol–water partition coefficient (Wildman–Crippen LogP) is 2.85. The van der Waals surface area contributed by atoms with Crippen molar-refractivity contribution in [2.75, 3.05) is 13.6 Å². The SMILES string of the molecule is CNC(=O)CNC(=O)c1ccccc1-c1ccc(C(F)(F)F)cc1. The van der Waals surface area contributed by atoms with Gasteiger partial charge in [-0.2, -0.15) is 13.2 Å². The Labute approximate surface area is 136 Å². The molecular weight excluding hydrogens is 321 g/mol. The molecule has 0 bridgehead atoms. The average Bonchev–Trinajstić information content (AvgIpc) is 2.58. The van der Waals surface area contributed by atoms with E-state index >= 15 is 0 Å². The van der Waals surface area contributed by atoms with Gasteiger partial charge < -0.3 is 10.6 Å². The fraction of sp³-hybridized carbons (Fsp3) is 0.176. The van der Waals surface area contributed by atoms with Gasteiger partial charge in [0.15, 0.2) is 0 Å². The van der Waals surface area contributed by atoms with Crippen molar-refractivity contribution < 1.29 is 22.8 Å². The number of halogens is 3. The summed E-state index contributed by atoms with van der Waals surface area (Å²) in [5, 5.41) is 4.84. The van der Waals surface area contributed by atoms with E-state index < -0.39 is 17.6 Å². The maximum absolute atomic E-state index is 12.6. The van der Waals surface area contributed by atoms with Crippen LogP contribution < -0.4 is 10.6 Å². The lowest BCUT2D eigenvalue weighted by molar-refractivity contribution is -0.137. The van der Waals surface area contributed by atoms with Gasteiger partial charge in [0, 0.05) is 12.6 Å². The van der Waals surface area contributed by atoms with Crippen LogP contribution in [-0.2, 0) is 11.0 Å². The number of hydrogen-bond acceptors (Lipinski definition) is 2. The normalized spacial score (nSPS) is 11.0. The zero-order chi connectivity index (χ0) is 17.7. The molecule has 0 heterocycles. The van der Waals surface area contributed by atoms with Crippen LogP contribution in [0.4, 0.5) is 13.2 Å². The third-order valence-corrected chi connectivity index (χ3v) is 3.38. The minimum absolute atomic E-state index is 0.184. The summed E-state index contributed by atoms with van der Waals surface area (Å²) in [6.07, 6.45) is -4.41. The number of nitrogens with one attached hydrogen (secondary N) is 2. The lowest BCUT2D eigenvalue weighted by atomic mass is 9.98. The monoisotopic (exact) mass is 336 g/mol. The highest BCUT2D eigenvalue weighted by molar-refractivity contribution is 6.02. The Morgan fingerprint density at radius 3 is 2.21 bits per heavy atom. The van der Waals surface area contributed by atoms with E-state index in [1.54, 1.807) is 24.3 Å². The van der Waals surface area contributed by atoms with Crippen molar-refractivity contribution in [1.82, 2.24) is 10.6 Å². The fourth-order valence-corrected chi connectivity index (χ4v) is 2.12. The molecule has 2 amide bonds. The van der Waals surface area contributed by atoms with Crippen molar-refractivity contribution in [3.05, 3.63) is 59.7 Å². The van der Waals surface area contributed by atoms with Crippen LogP contribution in [0.2, 0.25) is 0 Å². The van der Waals surface area contributed by atoms with Crippen LogP contribution in [0.25, 0.3) is 11.1 Å². The van der Waals surface area contributed by atoms with Crippen LogP contribution in [0.3, 0.4) is 0 Å². The van der Waals surface area contributed by atoms with Crippen LogP contribution in [0.1, 0.15) is 15.9 Å². The molecule has 126 valence electrons. The lowest BCUT2D eigenvalue weighted by Gasteiger charge is -2.11. The molecule has 0 radical (unpaired) electrons. The van der Waals surface area contributed by atoms with Crippen LogP contribution >= 0.6 is 0 Å². The maximum Gasteiger partial charge on any atom is 0.416 e. The summed E-state index contributed by atoms with van der Waals surface area (Å²) < 4.78 is 37.9. The molecule has 0 aliphatic carbocycles. The Balaban J connectivity index is 2.28. The van der Waals surface area contributed by atoms with Gasteiger partial charge >= 0.3 is 6.18 Å². The molecule has 0 fully saturated rings. The molecule has 4 nitrogen and oxygen atoms in total. The molecule has 0 saturated carbocycles. The van der Waals surface area contributed by atoms with E-state index in [9.17, 15) is 22.8 Å². The number of carbonyl (C=O) groups is 2. The summed E-state index contributed by atoms with van der Waals surface area (Å²) in [6.45, 7) is -0.184. The second kappa shape index (κ2) is 7.16. The highest BCUT2D eigenvalue weighted by atomic mass is 19.4. The van der Waals surface area contributed by atoms with Gasteiger partial charge in [-0.15, -0.1) is 0 Å². The van der Waals surface area contributed by atoms with Crippen LogP contribution in [0.5, 0.6) is 0 Å². The highest BCUT2D eigenvalue weighted by Crippen LogP contribution is 2.31. The lowest BCUT2D eigenvalue weighted by Crippen LogP contribution is -2.35. The van der Waals surface area contributed by atoms with E-state index in [1.165, 1.54) is 19.2 Å². The predicted molar refractivity (Wildman–Crippen MR) is 83.3 cm³/mol.